The number of hydrogen-bond donors (Lipinski definition) is 1. The monoisotopic (exact) mass is 426 g/mol. The number of rotatable bonds is 5. The van der Waals surface area contributed by atoms with E-state index in [9.17, 15) is 9.59 Å². The van der Waals surface area contributed by atoms with Gasteiger partial charge in [0.1, 0.15) is 5.75 Å². The Morgan fingerprint density at radius 1 is 1.00 bits per heavy atom. The van der Waals surface area contributed by atoms with Crippen LogP contribution in [-0.2, 0) is 4.79 Å². The largest absolute Gasteiger partial charge is 0.490 e. The number of nitrogens with one attached hydrogen (secondary N) is 1. The Morgan fingerprint density at radius 3 is 2.53 bits per heavy atom. The molecule has 4 rings (SSSR count). The number of piperidine rings is 1. The lowest BCUT2D eigenvalue weighted by molar-refractivity contribution is -0.121. The first kappa shape index (κ1) is 20.7. The molecule has 1 saturated carbocycles. The zero-order valence-corrected chi connectivity index (χ0v) is 17.7. The van der Waals surface area contributed by atoms with Crippen LogP contribution in [0.3, 0.4) is 0 Å². The van der Waals surface area contributed by atoms with Gasteiger partial charge in [0.15, 0.2) is 0 Å². The average molecular weight is 427 g/mol. The first-order valence-corrected chi connectivity index (χ1v) is 11.1. The van der Waals surface area contributed by atoms with Crippen LogP contribution in [0.4, 0.5) is 5.69 Å². The Balaban J connectivity index is 1.36. The van der Waals surface area contributed by atoms with Gasteiger partial charge in [-0.2, -0.15) is 0 Å². The minimum Gasteiger partial charge on any atom is -0.490 e. The minimum absolute atomic E-state index is 0.0541. The van der Waals surface area contributed by atoms with Gasteiger partial charge in [0, 0.05) is 35.4 Å². The molecule has 0 radical (unpaired) electrons. The maximum absolute atomic E-state index is 12.9. The molecule has 2 aromatic rings. The van der Waals surface area contributed by atoms with Crippen molar-refractivity contribution in [2.45, 2.75) is 44.6 Å². The van der Waals surface area contributed by atoms with Crippen molar-refractivity contribution in [3.05, 3.63) is 59.1 Å². The molecule has 0 spiro atoms. The minimum atomic E-state index is -0.227. The predicted molar refractivity (Wildman–Crippen MR) is 118 cm³/mol. The van der Waals surface area contributed by atoms with Crippen LogP contribution in [0, 0.1) is 5.92 Å². The van der Waals surface area contributed by atoms with Gasteiger partial charge in [-0.1, -0.05) is 17.7 Å². The predicted octanol–water partition coefficient (Wildman–Crippen LogP) is 5.15. The average Bonchev–Trinajstić information content (AvgIpc) is 3.27. The lowest BCUT2D eigenvalue weighted by atomic mass is 9.96. The van der Waals surface area contributed by atoms with Crippen LogP contribution >= 0.6 is 11.6 Å². The van der Waals surface area contributed by atoms with E-state index in [0.717, 1.165) is 37.1 Å². The molecule has 1 atom stereocenters. The summed E-state index contributed by atoms with van der Waals surface area (Å²) >= 11 is 5.92. The number of carbonyl (C=O) groups is 2. The van der Waals surface area contributed by atoms with Crippen LogP contribution in [0.2, 0.25) is 5.02 Å². The van der Waals surface area contributed by atoms with Crippen molar-refractivity contribution in [3.63, 3.8) is 0 Å². The highest BCUT2D eigenvalue weighted by atomic mass is 35.5. The van der Waals surface area contributed by atoms with Gasteiger partial charge >= 0.3 is 0 Å². The summed E-state index contributed by atoms with van der Waals surface area (Å²) in [5.41, 5.74) is 1.33. The highest BCUT2D eigenvalue weighted by Crippen LogP contribution is 2.27. The van der Waals surface area contributed by atoms with E-state index < -0.39 is 0 Å². The maximum atomic E-state index is 12.9. The SMILES string of the molecule is O=C(Nc1cccc(OC2CCCC2)c1)C1CCCN(C(=O)c2ccc(Cl)cc2)C1. The molecule has 6 heteroatoms. The number of hydrogen-bond acceptors (Lipinski definition) is 3. The van der Waals surface area contributed by atoms with E-state index in [1.165, 1.54) is 12.8 Å². The molecule has 0 aromatic heterocycles. The van der Waals surface area contributed by atoms with Gasteiger partial charge < -0.3 is 15.0 Å². The van der Waals surface area contributed by atoms with E-state index in [4.69, 9.17) is 16.3 Å². The highest BCUT2D eigenvalue weighted by Gasteiger charge is 2.29. The number of nitrogens with zero attached hydrogens (tertiary/aromatic N) is 1. The highest BCUT2D eigenvalue weighted by molar-refractivity contribution is 6.30. The van der Waals surface area contributed by atoms with Gasteiger partial charge in [-0.15, -0.1) is 0 Å². The lowest BCUT2D eigenvalue weighted by Gasteiger charge is -2.32. The number of amides is 2. The van der Waals surface area contributed by atoms with Crippen molar-refractivity contribution >= 4 is 29.1 Å². The third kappa shape index (κ3) is 5.14. The van der Waals surface area contributed by atoms with Gasteiger partial charge in [0.05, 0.1) is 12.0 Å². The van der Waals surface area contributed by atoms with E-state index in [-0.39, 0.29) is 23.8 Å². The number of anilines is 1. The van der Waals surface area contributed by atoms with Crippen molar-refractivity contribution in [2.24, 2.45) is 5.92 Å². The Kier molecular flexibility index (Phi) is 6.58. The van der Waals surface area contributed by atoms with E-state index in [0.29, 0.717) is 23.7 Å². The summed E-state index contributed by atoms with van der Waals surface area (Å²) in [6.07, 6.45) is 6.48. The molecule has 30 heavy (non-hydrogen) atoms. The number of ether oxygens (including phenoxy) is 1. The van der Waals surface area contributed by atoms with Gasteiger partial charge in [0.2, 0.25) is 5.91 Å². The normalized spacial score (nSPS) is 19.5. The first-order chi connectivity index (χ1) is 14.6. The Labute approximate surface area is 182 Å². The van der Waals surface area contributed by atoms with E-state index >= 15 is 0 Å². The summed E-state index contributed by atoms with van der Waals surface area (Å²) in [7, 11) is 0. The molecule has 2 aliphatic rings. The van der Waals surface area contributed by atoms with Crippen LogP contribution < -0.4 is 10.1 Å². The molecule has 1 heterocycles. The Morgan fingerprint density at radius 2 is 1.77 bits per heavy atom. The molecule has 0 bridgehead atoms. The van der Waals surface area contributed by atoms with Crippen molar-refractivity contribution in [1.82, 2.24) is 4.90 Å². The molecule has 2 amide bonds. The standard InChI is InChI=1S/C24H27ClN2O3/c25-19-12-10-17(11-13-19)24(29)27-14-4-5-18(16-27)23(28)26-20-6-3-9-22(15-20)30-21-7-1-2-8-21/h3,6,9-13,15,18,21H,1-2,4-5,7-8,14,16H2,(H,26,28). The van der Waals surface area contributed by atoms with Crippen LogP contribution in [0.5, 0.6) is 5.75 Å². The molecule has 1 N–H and O–H groups in total. The van der Waals surface area contributed by atoms with Gasteiger partial charge in [-0.05, 0) is 74.9 Å². The summed E-state index contributed by atoms with van der Waals surface area (Å²) in [5.74, 6) is 0.454. The van der Waals surface area contributed by atoms with E-state index in [1.807, 2.05) is 24.3 Å². The molecule has 158 valence electrons. The summed E-state index contributed by atoms with van der Waals surface area (Å²) in [6, 6.07) is 14.5. The van der Waals surface area contributed by atoms with Gasteiger partial charge in [-0.3, -0.25) is 9.59 Å². The second kappa shape index (κ2) is 9.52. The summed E-state index contributed by atoms with van der Waals surface area (Å²) in [6.45, 7) is 1.08. The number of likely N-dealkylation sites (tertiary alicyclic amines) is 1. The molecule has 1 aliphatic heterocycles. The topological polar surface area (TPSA) is 58.6 Å². The molecule has 5 nitrogen and oxygen atoms in total. The van der Waals surface area contributed by atoms with Crippen molar-refractivity contribution < 1.29 is 14.3 Å². The molecular weight excluding hydrogens is 400 g/mol. The lowest BCUT2D eigenvalue weighted by Crippen LogP contribution is -2.43. The summed E-state index contributed by atoms with van der Waals surface area (Å²) < 4.78 is 6.04. The molecule has 1 aliphatic carbocycles. The van der Waals surface area contributed by atoms with E-state index in [1.54, 1.807) is 29.2 Å². The summed E-state index contributed by atoms with van der Waals surface area (Å²) in [4.78, 5) is 27.4. The zero-order valence-electron chi connectivity index (χ0n) is 17.0. The number of halogens is 1. The third-order valence-electron chi connectivity index (χ3n) is 5.88. The fourth-order valence-electron chi connectivity index (χ4n) is 4.24. The van der Waals surface area contributed by atoms with Crippen LogP contribution in [0.15, 0.2) is 48.5 Å². The second-order valence-corrected chi connectivity index (χ2v) is 8.58. The Hall–Kier alpha value is -2.53. The fraction of sp³-hybridized carbons (Fsp3) is 0.417. The van der Waals surface area contributed by atoms with Crippen molar-refractivity contribution in [3.8, 4) is 5.75 Å². The van der Waals surface area contributed by atoms with Crippen molar-refractivity contribution in [2.75, 3.05) is 18.4 Å². The molecule has 1 unspecified atom stereocenters. The van der Waals surface area contributed by atoms with E-state index in [2.05, 4.69) is 5.32 Å². The molecular formula is C24H27ClN2O3. The molecule has 2 fully saturated rings. The first-order valence-electron chi connectivity index (χ1n) is 10.7. The smallest absolute Gasteiger partial charge is 0.253 e. The van der Waals surface area contributed by atoms with Crippen LogP contribution in [0.1, 0.15) is 48.9 Å². The van der Waals surface area contributed by atoms with Gasteiger partial charge in [0.25, 0.3) is 5.91 Å². The van der Waals surface area contributed by atoms with Crippen LogP contribution in [-0.4, -0.2) is 35.9 Å². The zero-order chi connectivity index (χ0) is 20.9. The second-order valence-electron chi connectivity index (χ2n) is 8.14. The van der Waals surface area contributed by atoms with Crippen molar-refractivity contribution in [1.29, 1.82) is 0 Å². The fourth-order valence-corrected chi connectivity index (χ4v) is 4.37. The quantitative estimate of drug-likeness (QED) is 0.719. The molecule has 1 saturated heterocycles. The number of carbonyl (C=O) groups excluding carboxylic acids is 2. The van der Waals surface area contributed by atoms with Gasteiger partial charge in [-0.25, -0.2) is 0 Å². The molecule has 2 aromatic carbocycles. The van der Waals surface area contributed by atoms with Crippen LogP contribution in [0.25, 0.3) is 0 Å². The Bertz CT molecular complexity index is 894. The summed E-state index contributed by atoms with van der Waals surface area (Å²) in [5, 5.41) is 3.61. The third-order valence-corrected chi connectivity index (χ3v) is 6.13. The maximum Gasteiger partial charge on any atom is 0.253 e. The number of benzene rings is 2.